The van der Waals surface area contributed by atoms with Crippen LogP contribution >= 0.6 is 11.8 Å². The van der Waals surface area contributed by atoms with Gasteiger partial charge in [-0.3, -0.25) is 0 Å². The zero-order valence-electron chi connectivity index (χ0n) is 9.41. The summed E-state index contributed by atoms with van der Waals surface area (Å²) in [5.41, 5.74) is 2.13. The Kier molecular flexibility index (Phi) is 3.87. The second-order valence-electron chi connectivity index (χ2n) is 3.63. The standard InChI is InChI=1S/C11H12N4OS/c1-9-8-17-11(12-14-16)15(13-9)7-10-5-3-2-4-6-10/h2-6H,7-8H2,1H3/b12-11+. The predicted molar refractivity (Wildman–Crippen MR) is 70.8 cm³/mol. The zero-order chi connectivity index (χ0) is 12.1. The molecule has 2 rings (SSSR count). The molecule has 1 aromatic rings. The lowest BCUT2D eigenvalue weighted by atomic mass is 10.2. The Balaban J connectivity index is 2.19. The van der Waals surface area contributed by atoms with Crippen LogP contribution in [0.25, 0.3) is 0 Å². The van der Waals surface area contributed by atoms with Gasteiger partial charge in [0.25, 0.3) is 0 Å². The van der Waals surface area contributed by atoms with Crippen LogP contribution in [-0.2, 0) is 6.54 Å². The lowest BCUT2D eigenvalue weighted by molar-refractivity contribution is 0.444. The van der Waals surface area contributed by atoms with Gasteiger partial charge in [0.2, 0.25) is 5.17 Å². The van der Waals surface area contributed by atoms with E-state index in [9.17, 15) is 4.91 Å². The smallest absolute Gasteiger partial charge is 0.210 e. The minimum absolute atomic E-state index is 0.550. The van der Waals surface area contributed by atoms with Gasteiger partial charge in [-0.25, -0.2) is 5.01 Å². The number of benzene rings is 1. The Hall–Kier alpha value is -1.69. The number of thioether (sulfide) groups is 1. The molecule has 1 aliphatic heterocycles. The molecule has 0 saturated carbocycles. The van der Waals surface area contributed by atoms with Crippen LogP contribution in [0.1, 0.15) is 12.5 Å². The molecule has 0 unspecified atom stereocenters. The third-order valence-electron chi connectivity index (χ3n) is 2.22. The molecule has 0 saturated heterocycles. The largest absolute Gasteiger partial charge is 0.236 e. The first kappa shape index (κ1) is 11.8. The minimum atomic E-state index is 0.550. The molecule has 0 bridgehead atoms. The van der Waals surface area contributed by atoms with E-state index in [-0.39, 0.29) is 0 Å². The van der Waals surface area contributed by atoms with Crippen LogP contribution < -0.4 is 0 Å². The van der Waals surface area contributed by atoms with Crippen LogP contribution in [0, 0.1) is 4.91 Å². The van der Waals surface area contributed by atoms with E-state index in [1.165, 1.54) is 11.8 Å². The number of nitroso groups, excluding NO2 is 1. The van der Waals surface area contributed by atoms with Crippen molar-refractivity contribution < 1.29 is 0 Å². The third kappa shape index (κ3) is 3.13. The van der Waals surface area contributed by atoms with Crippen LogP contribution in [0.4, 0.5) is 0 Å². The maximum atomic E-state index is 10.2. The van der Waals surface area contributed by atoms with Crippen LogP contribution in [0.5, 0.6) is 0 Å². The van der Waals surface area contributed by atoms with E-state index in [0.717, 1.165) is 17.0 Å². The maximum absolute atomic E-state index is 10.2. The van der Waals surface area contributed by atoms with Crippen molar-refractivity contribution in [3.05, 3.63) is 40.8 Å². The zero-order valence-corrected chi connectivity index (χ0v) is 10.2. The van der Waals surface area contributed by atoms with Gasteiger partial charge in [0.05, 0.1) is 11.8 Å². The molecule has 0 radical (unpaired) electrons. The van der Waals surface area contributed by atoms with Crippen LogP contribution in [-0.4, -0.2) is 21.6 Å². The number of hydrogen-bond acceptors (Lipinski definition) is 4. The predicted octanol–water partition coefficient (Wildman–Crippen LogP) is 2.65. The molecule has 0 N–H and O–H groups in total. The molecular weight excluding hydrogens is 236 g/mol. The molecule has 0 spiro atoms. The Morgan fingerprint density at radius 1 is 1.41 bits per heavy atom. The van der Waals surface area contributed by atoms with Crippen molar-refractivity contribution in [1.82, 2.24) is 5.01 Å². The fourth-order valence-corrected chi connectivity index (χ4v) is 2.24. The topological polar surface area (TPSA) is 57.4 Å². The summed E-state index contributed by atoms with van der Waals surface area (Å²) in [5.74, 6) is 0.750. The van der Waals surface area contributed by atoms with E-state index >= 15 is 0 Å². The fraction of sp³-hybridized carbons (Fsp3) is 0.273. The number of rotatable bonds is 3. The molecule has 1 aliphatic rings. The molecule has 0 aliphatic carbocycles. The van der Waals surface area contributed by atoms with Crippen molar-refractivity contribution in [2.45, 2.75) is 13.5 Å². The molecule has 1 heterocycles. The Bertz CT molecular complexity index is 458. The van der Waals surface area contributed by atoms with Crippen molar-refractivity contribution in [2.75, 3.05) is 5.75 Å². The summed E-state index contributed by atoms with van der Waals surface area (Å²) in [7, 11) is 0. The lowest BCUT2D eigenvalue weighted by Crippen LogP contribution is -2.29. The molecule has 0 amide bonds. The molecule has 17 heavy (non-hydrogen) atoms. The van der Waals surface area contributed by atoms with Crippen molar-refractivity contribution in [3.8, 4) is 0 Å². The number of hydrogen-bond donors (Lipinski definition) is 0. The third-order valence-corrected chi connectivity index (χ3v) is 3.34. The van der Waals surface area contributed by atoms with Gasteiger partial charge >= 0.3 is 0 Å². The van der Waals surface area contributed by atoms with Crippen molar-refractivity contribution >= 4 is 22.6 Å². The van der Waals surface area contributed by atoms with E-state index in [0.29, 0.717) is 11.7 Å². The van der Waals surface area contributed by atoms with Gasteiger partial charge < -0.3 is 0 Å². The van der Waals surface area contributed by atoms with Crippen molar-refractivity contribution in [1.29, 1.82) is 0 Å². The summed E-state index contributed by atoms with van der Waals surface area (Å²) in [4.78, 5) is 10.2. The average molecular weight is 248 g/mol. The summed E-state index contributed by atoms with van der Waals surface area (Å²) < 4.78 is 0. The molecule has 88 valence electrons. The Labute approximate surface area is 104 Å². The van der Waals surface area contributed by atoms with Gasteiger partial charge in [-0.2, -0.15) is 5.10 Å². The summed E-state index contributed by atoms with van der Waals surface area (Å²) in [6.07, 6.45) is 0. The summed E-state index contributed by atoms with van der Waals surface area (Å²) in [6, 6.07) is 9.92. The minimum Gasteiger partial charge on any atom is -0.236 e. The van der Waals surface area contributed by atoms with E-state index in [4.69, 9.17) is 0 Å². The highest BCUT2D eigenvalue weighted by Gasteiger charge is 2.18. The summed E-state index contributed by atoms with van der Waals surface area (Å²) >= 11 is 1.47. The van der Waals surface area contributed by atoms with Crippen LogP contribution in [0.2, 0.25) is 0 Å². The molecule has 0 fully saturated rings. The van der Waals surface area contributed by atoms with Crippen molar-refractivity contribution in [2.24, 2.45) is 15.5 Å². The first-order valence-electron chi connectivity index (χ1n) is 5.18. The highest BCUT2D eigenvalue weighted by Crippen LogP contribution is 2.19. The SMILES string of the molecule is CC1=NN(Cc2ccccc2)/C(=N\N=O)SC1. The van der Waals surface area contributed by atoms with E-state index < -0.39 is 0 Å². The fourth-order valence-electron chi connectivity index (χ4n) is 1.50. The van der Waals surface area contributed by atoms with E-state index in [2.05, 4.69) is 15.5 Å². The van der Waals surface area contributed by atoms with Crippen LogP contribution in [0.3, 0.4) is 0 Å². The number of amidine groups is 1. The van der Waals surface area contributed by atoms with Gasteiger partial charge in [0.15, 0.2) is 0 Å². The first-order chi connectivity index (χ1) is 8.29. The highest BCUT2D eigenvalue weighted by molar-refractivity contribution is 8.14. The lowest BCUT2D eigenvalue weighted by Gasteiger charge is -2.24. The molecule has 0 atom stereocenters. The summed E-state index contributed by atoms with van der Waals surface area (Å²) in [5, 5.41) is 12.8. The molecular formula is C11H12N4OS. The Morgan fingerprint density at radius 3 is 2.88 bits per heavy atom. The number of nitrogens with zero attached hydrogens (tertiary/aromatic N) is 4. The monoisotopic (exact) mass is 248 g/mol. The molecule has 5 nitrogen and oxygen atoms in total. The average Bonchev–Trinajstić information content (AvgIpc) is 2.34. The van der Waals surface area contributed by atoms with Gasteiger partial charge in [-0.15, -0.1) is 4.91 Å². The van der Waals surface area contributed by atoms with E-state index in [1.54, 1.807) is 5.01 Å². The highest BCUT2D eigenvalue weighted by atomic mass is 32.2. The second kappa shape index (κ2) is 5.58. The maximum Gasteiger partial charge on any atom is 0.210 e. The van der Waals surface area contributed by atoms with Gasteiger partial charge in [-0.05, 0) is 12.5 Å². The normalized spacial score (nSPS) is 18.1. The van der Waals surface area contributed by atoms with Crippen LogP contribution in [0.15, 0.2) is 45.8 Å². The molecule has 1 aromatic carbocycles. The first-order valence-corrected chi connectivity index (χ1v) is 6.17. The van der Waals surface area contributed by atoms with Crippen molar-refractivity contribution in [3.63, 3.8) is 0 Å². The van der Waals surface area contributed by atoms with E-state index in [1.807, 2.05) is 37.3 Å². The Morgan fingerprint density at radius 2 is 2.18 bits per heavy atom. The molecule has 6 heteroatoms. The second-order valence-corrected chi connectivity index (χ2v) is 4.57. The summed E-state index contributed by atoms with van der Waals surface area (Å²) in [6.45, 7) is 2.55. The van der Waals surface area contributed by atoms with Gasteiger partial charge in [0.1, 0.15) is 0 Å². The molecule has 0 aromatic heterocycles. The van der Waals surface area contributed by atoms with Gasteiger partial charge in [0, 0.05) is 11.5 Å². The quantitative estimate of drug-likeness (QED) is 0.610. The number of hydrazone groups is 1. The van der Waals surface area contributed by atoms with Gasteiger partial charge in [-0.1, -0.05) is 47.2 Å².